The van der Waals surface area contributed by atoms with Gasteiger partial charge in [0.15, 0.2) is 0 Å². The molecule has 0 radical (unpaired) electrons. The third kappa shape index (κ3) is 9.18. The molecule has 1 aliphatic rings. The second-order valence-electron chi connectivity index (χ2n) is 13.2. The van der Waals surface area contributed by atoms with Crippen molar-refractivity contribution in [3.8, 4) is 6.07 Å². The number of hydrogen-bond acceptors (Lipinski definition) is 6. The van der Waals surface area contributed by atoms with Gasteiger partial charge in [-0.3, -0.25) is 14.4 Å². The Morgan fingerprint density at radius 1 is 1.04 bits per heavy atom. The number of nitriles is 1. The maximum Gasteiger partial charge on any atom is 0.272 e. The molecule has 0 bridgehead atoms. The Balaban J connectivity index is 1.31. The smallest absolute Gasteiger partial charge is 0.272 e. The molecule has 0 saturated heterocycles. The largest absolute Gasteiger partial charge is 0.321 e. The fourth-order valence-corrected chi connectivity index (χ4v) is 8.53. The highest BCUT2D eigenvalue weighted by Gasteiger charge is 2.33. The molecule has 2 unspecified atom stereocenters. The number of nitrogens with zero attached hydrogens (tertiary/aromatic N) is 1. The Bertz CT molecular complexity index is 1980. The predicted octanol–water partition coefficient (Wildman–Crippen LogP) is 10.00. The van der Waals surface area contributed by atoms with E-state index in [-0.39, 0.29) is 17.0 Å². The van der Waals surface area contributed by atoms with E-state index < -0.39 is 17.1 Å². The predicted molar refractivity (Wildman–Crippen MR) is 206 cm³/mol. The zero-order chi connectivity index (χ0) is 36.0. The lowest BCUT2D eigenvalue weighted by Gasteiger charge is -2.33. The molecule has 0 fully saturated rings. The number of nitrogens with one attached hydrogen (secondary N) is 3. The van der Waals surface area contributed by atoms with E-state index >= 15 is 0 Å². The number of rotatable bonds is 10. The first-order valence-corrected chi connectivity index (χ1v) is 18.8. The van der Waals surface area contributed by atoms with E-state index in [4.69, 9.17) is 23.2 Å². The van der Waals surface area contributed by atoms with Gasteiger partial charge in [0.05, 0.1) is 10.8 Å². The normalized spacial score (nSPS) is 15.0. The zero-order valence-electron chi connectivity index (χ0n) is 28.2. The van der Waals surface area contributed by atoms with Crippen molar-refractivity contribution in [2.75, 3.05) is 10.6 Å². The molecule has 3 N–H and O–H groups in total. The highest BCUT2D eigenvalue weighted by Crippen LogP contribution is 2.44. The molecule has 0 aliphatic heterocycles. The molecule has 3 aromatic carbocycles. The molecule has 2 atom stereocenters. The van der Waals surface area contributed by atoms with Gasteiger partial charge in [0.25, 0.3) is 11.8 Å². The lowest BCUT2D eigenvalue weighted by molar-refractivity contribution is -0.116. The Hall–Kier alpha value is -4.07. The fraction of sp³-hybridized carbons (Fsp3) is 0.282. The SMILES string of the molecule is CCC(Sc1cccc(NC(=O)/C(=C\c2ccc(Cl)cc2Cl)NC(=O)c2ccccc2)c1)C(=O)Nc1sc2c(c1C#N)CCC(C(C)(C)C)C2. The van der Waals surface area contributed by atoms with Gasteiger partial charge in [-0.05, 0) is 96.7 Å². The molecular formula is C39H38Cl2N4O3S2. The summed E-state index contributed by atoms with van der Waals surface area (Å²) in [5.74, 6) is -0.675. The van der Waals surface area contributed by atoms with Gasteiger partial charge >= 0.3 is 0 Å². The van der Waals surface area contributed by atoms with E-state index in [1.54, 1.807) is 66.7 Å². The van der Waals surface area contributed by atoms with Gasteiger partial charge in [-0.15, -0.1) is 23.1 Å². The summed E-state index contributed by atoms with van der Waals surface area (Å²) < 4.78 is 0. The first-order chi connectivity index (χ1) is 23.9. The molecule has 0 saturated carbocycles. The fourth-order valence-electron chi connectivity index (χ4n) is 5.77. The Kier molecular flexibility index (Phi) is 12.1. The Morgan fingerprint density at radius 2 is 1.80 bits per heavy atom. The molecule has 11 heteroatoms. The summed E-state index contributed by atoms with van der Waals surface area (Å²) in [6.45, 7) is 8.70. The second kappa shape index (κ2) is 16.3. The van der Waals surface area contributed by atoms with E-state index in [2.05, 4.69) is 42.8 Å². The van der Waals surface area contributed by atoms with Crippen molar-refractivity contribution in [3.63, 3.8) is 0 Å². The average Bonchev–Trinajstić information content (AvgIpc) is 3.44. The minimum Gasteiger partial charge on any atom is -0.321 e. The molecule has 4 aromatic rings. The van der Waals surface area contributed by atoms with Crippen LogP contribution in [0.4, 0.5) is 10.7 Å². The van der Waals surface area contributed by atoms with E-state index in [0.717, 1.165) is 29.7 Å². The second-order valence-corrected chi connectivity index (χ2v) is 16.4. The number of hydrogen-bond donors (Lipinski definition) is 3. The molecule has 7 nitrogen and oxygen atoms in total. The van der Waals surface area contributed by atoms with Crippen molar-refractivity contribution < 1.29 is 14.4 Å². The third-order valence-corrected chi connectivity index (χ3v) is 11.8. The van der Waals surface area contributed by atoms with Crippen molar-refractivity contribution >= 4 is 80.8 Å². The summed E-state index contributed by atoms with van der Waals surface area (Å²) in [5.41, 5.74) is 3.16. The third-order valence-electron chi connectivity index (χ3n) is 8.66. The van der Waals surface area contributed by atoms with Crippen molar-refractivity contribution in [1.29, 1.82) is 5.26 Å². The molecule has 1 aromatic heterocycles. The van der Waals surface area contributed by atoms with Crippen LogP contribution in [0.5, 0.6) is 0 Å². The lowest BCUT2D eigenvalue weighted by Crippen LogP contribution is -2.30. The van der Waals surface area contributed by atoms with Crippen LogP contribution in [-0.2, 0) is 22.4 Å². The number of amides is 3. The number of fused-ring (bicyclic) bond motifs is 1. The summed E-state index contributed by atoms with van der Waals surface area (Å²) in [7, 11) is 0. The summed E-state index contributed by atoms with van der Waals surface area (Å²) >= 11 is 15.4. The van der Waals surface area contributed by atoms with Crippen LogP contribution in [-0.4, -0.2) is 23.0 Å². The molecule has 1 heterocycles. The minimum atomic E-state index is -0.563. The number of thioether (sulfide) groups is 1. The summed E-state index contributed by atoms with van der Waals surface area (Å²) in [4.78, 5) is 42.2. The number of carbonyl (C=O) groups excluding carboxylic acids is 3. The molecule has 3 amide bonds. The molecular weight excluding hydrogens is 707 g/mol. The van der Waals surface area contributed by atoms with Crippen LogP contribution in [0, 0.1) is 22.7 Å². The van der Waals surface area contributed by atoms with E-state index in [0.29, 0.717) is 49.8 Å². The van der Waals surface area contributed by atoms with Crippen LogP contribution in [0.3, 0.4) is 0 Å². The van der Waals surface area contributed by atoms with Crippen molar-refractivity contribution in [3.05, 3.63) is 116 Å². The van der Waals surface area contributed by atoms with Gasteiger partial charge in [0.2, 0.25) is 5.91 Å². The van der Waals surface area contributed by atoms with Crippen LogP contribution in [0.25, 0.3) is 6.08 Å². The van der Waals surface area contributed by atoms with E-state index in [1.165, 1.54) is 34.1 Å². The van der Waals surface area contributed by atoms with Gasteiger partial charge in [-0.1, -0.05) is 81.2 Å². The zero-order valence-corrected chi connectivity index (χ0v) is 31.4. The monoisotopic (exact) mass is 744 g/mol. The number of thiophene rings is 1. The number of anilines is 2. The average molecular weight is 746 g/mol. The van der Waals surface area contributed by atoms with Crippen LogP contribution < -0.4 is 16.0 Å². The molecule has 258 valence electrons. The first-order valence-electron chi connectivity index (χ1n) is 16.3. The number of halogens is 2. The van der Waals surface area contributed by atoms with Crippen molar-refractivity contribution in [2.24, 2.45) is 11.3 Å². The van der Waals surface area contributed by atoms with Crippen LogP contribution in [0.15, 0.2) is 83.4 Å². The van der Waals surface area contributed by atoms with Crippen LogP contribution in [0.1, 0.15) is 72.5 Å². The van der Waals surface area contributed by atoms with E-state index in [1.807, 2.05) is 13.0 Å². The Morgan fingerprint density at radius 3 is 2.48 bits per heavy atom. The topological polar surface area (TPSA) is 111 Å². The van der Waals surface area contributed by atoms with Crippen molar-refractivity contribution in [1.82, 2.24) is 5.32 Å². The minimum absolute atomic E-state index is 0.0206. The lowest BCUT2D eigenvalue weighted by atomic mass is 9.72. The molecule has 0 spiro atoms. The molecule has 1 aliphatic carbocycles. The highest BCUT2D eigenvalue weighted by molar-refractivity contribution is 8.00. The Labute approximate surface area is 311 Å². The maximum absolute atomic E-state index is 13.6. The van der Waals surface area contributed by atoms with Gasteiger partial charge in [-0.2, -0.15) is 5.26 Å². The standard InChI is InChI=1S/C39H38Cl2N4O3S2/c1-5-33(37(48)45-38-30(22-42)29-17-15-25(39(2,3)4)19-34(29)50-38)49-28-13-9-12-27(21-28)43-36(47)32(18-24-14-16-26(40)20-31(24)41)44-35(46)23-10-7-6-8-11-23/h6-14,16,18,20-21,25,33H,5,15,17,19H2,1-4H3,(H,43,47)(H,44,46)(H,45,48)/b32-18+. The van der Waals surface area contributed by atoms with E-state index in [9.17, 15) is 19.6 Å². The first kappa shape index (κ1) is 37.2. The van der Waals surface area contributed by atoms with Gasteiger partial charge < -0.3 is 16.0 Å². The highest BCUT2D eigenvalue weighted by atomic mass is 35.5. The molecule has 50 heavy (non-hydrogen) atoms. The summed E-state index contributed by atoms with van der Waals surface area (Å²) in [5, 5.41) is 19.6. The van der Waals surface area contributed by atoms with Gasteiger partial charge in [-0.25, -0.2) is 0 Å². The number of carbonyl (C=O) groups is 3. The maximum atomic E-state index is 13.6. The number of benzene rings is 3. The summed E-state index contributed by atoms with van der Waals surface area (Å²) in [6, 6.07) is 22.9. The van der Waals surface area contributed by atoms with Gasteiger partial charge in [0.1, 0.15) is 16.8 Å². The van der Waals surface area contributed by atoms with Gasteiger partial charge in [0, 0.05) is 31.1 Å². The van der Waals surface area contributed by atoms with Crippen LogP contribution >= 0.6 is 46.3 Å². The summed E-state index contributed by atoms with van der Waals surface area (Å²) in [6.07, 6.45) is 4.83. The quantitative estimate of drug-likeness (QED) is 0.111. The van der Waals surface area contributed by atoms with Crippen molar-refractivity contribution in [2.45, 2.75) is 63.5 Å². The molecule has 5 rings (SSSR count). The van der Waals surface area contributed by atoms with Crippen LogP contribution in [0.2, 0.25) is 10.0 Å².